The summed E-state index contributed by atoms with van der Waals surface area (Å²) in [6.07, 6.45) is 0.958. The van der Waals surface area contributed by atoms with Gasteiger partial charge in [0, 0.05) is 43.4 Å². The molecular formula is C24H26ClN5OS. The number of aliphatic hydroxyl groups is 1. The van der Waals surface area contributed by atoms with E-state index in [1.807, 2.05) is 47.4 Å². The van der Waals surface area contributed by atoms with Gasteiger partial charge in [-0.15, -0.1) is 11.3 Å². The van der Waals surface area contributed by atoms with Gasteiger partial charge in [-0.3, -0.25) is 10.3 Å². The number of nitrogens with one attached hydrogen (secondary N) is 1. The van der Waals surface area contributed by atoms with Gasteiger partial charge in [-0.05, 0) is 43.3 Å². The molecule has 1 aromatic heterocycles. The van der Waals surface area contributed by atoms with Crippen molar-refractivity contribution in [3.05, 3.63) is 64.3 Å². The van der Waals surface area contributed by atoms with E-state index in [1.54, 1.807) is 0 Å². The van der Waals surface area contributed by atoms with Gasteiger partial charge in [-0.2, -0.15) is 0 Å². The molecule has 8 heteroatoms. The first-order valence-electron chi connectivity index (χ1n) is 10.9. The second kappa shape index (κ2) is 9.10. The lowest BCUT2D eigenvalue weighted by atomic mass is 10.2. The number of halogens is 1. The average molecular weight is 468 g/mol. The third-order valence-electron chi connectivity index (χ3n) is 6.14. The van der Waals surface area contributed by atoms with Crippen LogP contribution >= 0.6 is 22.9 Å². The summed E-state index contributed by atoms with van der Waals surface area (Å²) in [4.78, 5) is 11.4. The number of thiazole rings is 1. The Labute approximate surface area is 196 Å². The number of aromatic nitrogens is 1. The third kappa shape index (κ3) is 4.33. The zero-order chi connectivity index (χ0) is 22.1. The molecule has 0 spiro atoms. The standard InChI is InChI=1S/C24H26ClN5OS/c25-17-5-3-6-18(15-17)29-13-11-28(12-14-29)9-4-10-30-16-20(31)22(23(30)26)24-27-19-7-1-2-8-21(19)32-24/h1-3,5-8,15,26,31H,4,9-14,16H2. The van der Waals surface area contributed by atoms with E-state index in [0.717, 1.165) is 65.9 Å². The lowest BCUT2D eigenvalue weighted by Gasteiger charge is -2.36. The molecule has 2 aliphatic rings. The highest BCUT2D eigenvalue weighted by atomic mass is 35.5. The Bertz CT molecular complexity index is 1130. The van der Waals surface area contributed by atoms with Gasteiger partial charge in [0.05, 0.1) is 22.3 Å². The monoisotopic (exact) mass is 467 g/mol. The predicted molar refractivity (Wildman–Crippen MR) is 133 cm³/mol. The fourth-order valence-corrected chi connectivity index (χ4v) is 5.63. The molecule has 3 heterocycles. The van der Waals surface area contributed by atoms with Crippen LogP contribution in [0.5, 0.6) is 0 Å². The summed E-state index contributed by atoms with van der Waals surface area (Å²) in [5.41, 5.74) is 2.68. The number of nitrogens with zero attached hydrogens (tertiary/aromatic N) is 4. The molecule has 5 rings (SSSR count). The molecule has 32 heavy (non-hydrogen) atoms. The number of benzene rings is 2. The highest BCUT2D eigenvalue weighted by Crippen LogP contribution is 2.33. The van der Waals surface area contributed by atoms with Crippen LogP contribution in [0.25, 0.3) is 15.8 Å². The van der Waals surface area contributed by atoms with Crippen molar-refractivity contribution in [2.24, 2.45) is 0 Å². The molecule has 0 bridgehead atoms. The van der Waals surface area contributed by atoms with Gasteiger partial charge in [0.1, 0.15) is 16.6 Å². The Hall–Kier alpha value is -2.61. The van der Waals surface area contributed by atoms with Crippen molar-refractivity contribution in [2.45, 2.75) is 6.42 Å². The van der Waals surface area contributed by atoms with Crippen LogP contribution < -0.4 is 4.90 Å². The zero-order valence-electron chi connectivity index (χ0n) is 17.8. The molecule has 2 N–H and O–H groups in total. The number of fused-ring (bicyclic) bond motifs is 1. The molecule has 2 aliphatic heterocycles. The van der Waals surface area contributed by atoms with Gasteiger partial charge in [0.15, 0.2) is 0 Å². The fourth-order valence-electron chi connectivity index (χ4n) is 4.42. The largest absolute Gasteiger partial charge is 0.510 e. The molecule has 0 aliphatic carbocycles. The highest BCUT2D eigenvalue weighted by Gasteiger charge is 2.30. The molecule has 0 atom stereocenters. The Morgan fingerprint density at radius 2 is 1.84 bits per heavy atom. The maximum absolute atomic E-state index is 10.6. The minimum Gasteiger partial charge on any atom is -0.510 e. The van der Waals surface area contributed by atoms with E-state index in [0.29, 0.717) is 18.0 Å². The quantitative estimate of drug-likeness (QED) is 0.549. The van der Waals surface area contributed by atoms with E-state index in [2.05, 4.69) is 20.9 Å². The van der Waals surface area contributed by atoms with E-state index in [-0.39, 0.29) is 5.76 Å². The van der Waals surface area contributed by atoms with E-state index >= 15 is 0 Å². The van der Waals surface area contributed by atoms with Gasteiger partial charge in [-0.25, -0.2) is 4.98 Å². The number of piperazine rings is 1. The molecule has 2 aromatic carbocycles. The van der Waals surface area contributed by atoms with Gasteiger partial charge in [-0.1, -0.05) is 29.8 Å². The Morgan fingerprint density at radius 3 is 2.62 bits per heavy atom. The number of para-hydroxylation sites is 1. The summed E-state index contributed by atoms with van der Waals surface area (Å²) in [5.74, 6) is 0.636. The molecular weight excluding hydrogens is 442 g/mol. The summed E-state index contributed by atoms with van der Waals surface area (Å²) in [6, 6.07) is 16.0. The summed E-state index contributed by atoms with van der Waals surface area (Å²) < 4.78 is 1.07. The van der Waals surface area contributed by atoms with Crippen LogP contribution in [0.3, 0.4) is 0 Å². The minimum absolute atomic E-state index is 0.254. The van der Waals surface area contributed by atoms with E-state index in [4.69, 9.17) is 17.0 Å². The van der Waals surface area contributed by atoms with Crippen LogP contribution in [-0.2, 0) is 0 Å². The number of hydrogen-bond acceptors (Lipinski definition) is 6. The number of anilines is 1. The van der Waals surface area contributed by atoms with E-state index in [1.165, 1.54) is 17.0 Å². The summed E-state index contributed by atoms with van der Waals surface area (Å²) >= 11 is 7.66. The first-order chi connectivity index (χ1) is 15.6. The van der Waals surface area contributed by atoms with Crippen LogP contribution in [-0.4, -0.2) is 71.5 Å². The van der Waals surface area contributed by atoms with E-state index < -0.39 is 0 Å². The second-order valence-corrected chi connectivity index (χ2v) is 9.71. The summed E-state index contributed by atoms with van der Waals surface area (Å²) in [7, 11) is 0. The van der Waals surface area contributed by atoms with Gasteiger partial charge < -0.3 is 14.9 Å². The molecule has 0 saturated carbocycles. The van der Waals surface area contributed by atoms with Gasteiger partial charge in [0.25, 0.3) is 0 Å². The Morgan fingerprint density at radius 1 is 1.03 bits per heavy atom. The maximum Gasteiger partial charge on any atom is 0.135 e. The predicted octanol–water partition coefficient (Wildman–Crippen LogP) is 4.72. The van der Waals surface area contributed by atoms with Crippen LogP contribution in [0.1, 0.15) is 11.4 Å². The van der Waals surface area contributed by atoms with Crippen molar-refractivity contribution >= 4 is 50.3 Å². The number of aliphatic hydroxyl groups excluding tert-OH is 1. The van der Waals surface area contributed by atoms with Crippen molar-refractivity contribution < 1.29 is 5.11 Å². The molecule has 6 nitrogen and oxygen atoms in total. The fraction of sp³-hybridized carbons (Fsp3) is 0.333. The van der Waals surface area contributed by atoms with Gasteiger partial charge in [0.2, 0.25) is 0 Å². The number of amidine groups is 1. The molecule has 166 valence electrons. The molecule has 0 radical (unpaired) electrons. The van der Waals surface area contributed by atoms with Crippen molar-refractivity contribution in [3.8, 4) is 0 Å². The topological polar surface area (TPSA) is 66.7 Å². The maximum atomic E-state index is 10.6. The second-order valence-electron chi connectivity index (χ2n) is 8.24. The van der Waals surface area contributed by atoms with Crippen LogP contribution in [0.15, 0.2) is 54.3 Å². The summed E-state index contributed by atoms with van der Waals surface area (Å²) in [5, 5.41) is 20.7. The SMILES string of the molecule is N=C1C(c2nc3ccccc3s2)=C(O)CN1CCCN1CCN(c2cccc(Cl)c2)CC1. The number of hydrogen-bond donors (Lipinski definition) is 2. The van der Waals surface area contributed by atoms with Crippen LogP contribution in [0.2, 0.25) is 5.02 Å². The van der Waals surface area contributed by atoms with E-state index in [9.17, 15) is 5.11 Å². The molecule has 0 unspecified atom stereocenters. The van der Waals surface area contributed by atoms with Crippen molar-refractivity contribution in [3.63, 3.8) is 0 Å². The Balaban J connectivity index is 1.12. The molecule has 3 aromatic rings. The smallest absolute Gasteiger partial charge is 0.135 e. The zero-order valence-corrected chi connectivity index (χ0v) is 19.4. The van der Waals surface area contributed by atoms with Crippen molar-refractivity contribution in [1.29, 1.82) is 5.41 Å². The first-order valence-corrected chi connectivity index (χ1v) is 12.1. The Kier molecular flexibility index (Phi) is 6.04. The minimum atomic E-state index is 0.254. The lowest BCUT2D eigenvalue weighted by Crippen LogP contribution is -2.47. The van der Waals surface area contributed by atoms with Crippen LogP contribution in [0.4, 0.5) is 5.69 Å². The summed E-state index contributed by atoms with van der Waals surface area (Å²) in [6.45, 7) is 6.16. The first kappa shape index (κ1) is 21.2. The molecule has 1 saturated heterocycles. The molecule has 0 amide bonds. The number of rotatable bonds is 6. The van der Waals surface area contributed by atoms with Crippen LogP contribution in [0, 0.1) is 5.41 Å². The van der Waals surface area contributed by atoms with Crippen molar-refractivity contribution in [1.82, 2.24) is 14.8 Å². The average Bonchev–Trinajstić information content (AvgIpc) is 3.34. The normalized spacial score (nSPS) is 17.7. The lowest BCUT2D eigenvalue weighted by molar-refractivity contribution is 0.244. The third-order valence-corrected chi connectivity index (χ3v) is 7.43. The highest BCUT2D eigenvalue weighted by molar-refractivity contribution is 7.19. The van der Waals surface area contributed by atoms with Gasteiger partial charge >= 0.3 is 0 Å². The van der Waals surface area contributed by atoms with Crippen molar-refractivity contribution in [2.75, 3.05) is 50.7 Å². The molecule has 1 fully saturated rings.